The number of anilines is 1. The number of carbonyl (C=O) groups is 1. The molecule has 0 aliphatic carbocycles. The van der Waals surface area contributed by atoms with Gasteiger partial charge in [0.15, 0.2) is 0 Å². The molecule has 2 aliphatic heterocycles. The van der Waals surface area contributed by atoms with Crippen LogP contribution < -0.4 is 10.3 Å². The zero-order valence-electron chi connectivity index (χ0n) is 18.9. The topological polar surface area (TPSA) is 88.5 Å². The Kier molecular flexibility index (Phi) is 5.92. The number of nitrogens with one attached hydrogen (secondary N) is 1. The van der Waals surface area contributed by atoms with Gasteiger partial charge in [0.25, 0.3) is 5.56 Å². The van der Waals surface area contributed by atoms with Crippen LogP contribution in [0.15, 0.2) is 47.3 Å². The molecule has 1 saturated heterocycles. The van der Waals surface area contributed by atoms with Crippen molar-refractivity contribution in [2.75, 3.05) is 17.8 Å². The highest BCUT2D eigenvalue weighted by atomic mass is 32.2. The number of hydrogen-bond donors (Lipinski definition) is 1. The lowest BCUT2D eigenvalue weighted by atomic mass is 9.82. The molecular formula is C24H31N3O4S. The minimum Gasteiger partial charge on any atom is -0.342 e. The third-order valence-electron chi connectivity index (χ3n) is 6.10. The predicted octanol–water partition coefficient (Wildman–Crippen LogP) is 3.17. The maximum atomic E-state index is 13.1. The van der Waals surface area contributed by atoms with Crippen molar-refractivity contribution in [1.29, 1.82) is 0 Å². The quantitative estimate of drug-likeness (QED) is 0.747. The number of fused-ring (bicyclic) bond motifs is 4. The molecule has 4 rings (SSSR count). The Morgan fingerprint density at radius 2 is 1.78 bits per heavy atom. The van der Waals surface area contributed by atoms with Crippen molar-refractivity contribution in [2.24, 2.45) is 11.3 Å². The normalized spacial score (nSPS) is 20.5. The first-order chi connectivity index (χ1) is 15.0. The van der Waals surface area contributed by atoms with Gasteiger partial charge in [0, 0.05) is 37.7 Å². The third-order valence-corrected chi connectivity index (χ3v) is 7.35. The largest absolute Gasteiger partial charge is 0.342 e. The minimum absolute atomic E-state index is 0.0652. The second-order valence-corrected chi connectivity index (χ2v) is 12.0. The van der Waals surface area contributed by atoms with Gasteiger partial charge in [-0.15, -0.1) is 0 Å². The van der Waals surface area contributed by atoms with Crippen LogP contribution in [0.3, 0.4) is 0 Å². The second-order valence-electron chi connectivity index (χ2n) is 10.3. The number of pyridine rings is 1. The highest BCUT2D eigenvalue weighted by Crippen LogP contribution is 2.36. The monoisotopic (exact) mass is 457 g/mol. The Morgan fingerprint density at radius 1 is 1.06 bits per heavy atom. The summed E-state index contributed by atoms with van der Waals surface area (Å²) >= 11 is 0. The van der Waals surface area contributed by atoms with Gasteiger partial charge in [0.05, 0.1) is 5.75 Å². The van der Waals surface area contributed by atoms with Crippen molar-refractivity contribution in [3.63, 3.8) is 0 Å². The van der Waals surface area contributed by atoms with Crippen molar-refractivity contribution < 1.29 is 13.2 Å². The van der Waals surface area contributed by atoms with E-state index in [1.54, 1.807) is 34.9 Å². The van der Waals surface area contributed by atoms with Gasteiger partial charge in [-0.2, -0.15) is 0 Å². The average Bonchev–Trinajstić information content (AvgIpc) is 2.69. The first kappa shape index (κ1) is 22.6. The fraction of sp³-hybridized carbons (Fsp3) is 0.500. The van der Waals surface area contributed by atoms with Gasteiger partial charge in [-0.25, -0.2) is 8.42 Å². The molecule has 0 spiro atoms. The molecule has 2 aromatic rings. The third kappa shape index (κ3) is 5.06. The van der Waals surface area contributed by atoms with Gasteiger partial charge >= 0.3 is 0 Å². The van der Waals surface area contributed by atoms with Crippen LogP contribution in [0.25, 0.3) is 0 Å². The van der Waals surface area contributed by atoms with Crippen molar-refractivity contribution in [3.8, 4) is 0 Å². The van der Waals surface area contributed by atoms with E-state index in [9.17, 15) is 18.0 Å². The highest BCUT2D eigenvalue weighted by Gasteiger charge is 2.37. The number of piperidine rings is 1. The Bertz CT molecular complexity index is 1170. The number of amides is 1. The summed E-state index contributed by atoms with van der Waals surface area (Å²) in [7, 11) is -3.71. The number of aromatic nitrogens is 1. The first-order valence-corrected chi connectivity index (χ1v) is 12.7. The summed E-state index contributed by atoms with van der Waals surface area (Å²) in [6.07, 6.45) is 1.44. The Morgan fingerprint density at radius 3 is 2.47 bits per heavy atom. The number of likely N-dealkylation sites (tertiary alicyclic amines) is 1. The lowest BCUT2D eigenvalue weighted by Crippen LogP contribution is -2.49. The van der Waals surface area contributed by atoms with Crippen LogP contribution >= 0.6 is 0 Å². The van der Waals surface area contributed by atoms with Gasteiger partial charge in [-0.1, -0.05) is 51.1 Å². The summed E-state index contributed by atoms with van der Waals surface area (Å²) in [5.74, 6) is 0.256. The summed E-state index contributed by atoms with van der Waals surface area (Å²) in [6.45, 7) is 7.92. The number of carbonyl (C=O) groups excluding carboxylic acids is 1. The zero-order valence-corrected chi connectivity index (χ0v) is 19.7. The van der Waals surface area contributed by atoms with Gasteiger partial charge in [0.2, 0.25) is 15.9 Å². The van der Waals surface area contributed by atoms with E-state index in [4.69, 9.17) is 0 Å². The summed E-state index contributed by atoms with van der Waals surface area (Å²) in [4.78, 5) is 27.8. The molecule has 2 aliphatic rings. The smallest absolute Gasteiger partial charge is 0.275 e. The molecule has 1 N–H and O–H groups in total. The van der Waals surface area contributed by atoms with E-state index < -0.39 is 10.0 Å². The van der Waals surface area contributed by atoms with E-state index in [2.05, 4.69) is 25.5 Å². The SMILES string of the molecule is CC(C)(C)CC(=O)N1CC2CC(C1)c1ccc(NS(=O)(=O)Cc3ccccc3)c(=O)n1C2. The number of rotatable bonds is 5. The van der Waals surface area contributed by atoms with Crippen LogP contribution in [0, 0.1) is 11.3 Å². The highest BCUT2D eigenvalue weighted by molar-refractivity contribution is 7.91. The molecule has 1 amide bonds. The fourth-order valence-corrected chi connectivity index (χ4v) is 5.98. The van der Waals surface area contributed by atoms with E-state index >= 15 is 0 Å². The van der Waals surface area contributed by atoms with Crippen LogP contribution in [0.5, 0.6) is 0 Å². The molecule has 0 radical (unpaired) electrons. The van der Waals surface area contributed by atoms with Crippen molar-refractivity contribution >= 4 is 21.6 Å². The van der Waals surface area contributed by atoms with Gasteiger partial charge in [-0.3, -0.25) is 14.3 Å². The van der Waals surface area contributed by atoms with E-state index in [1.807, 2.05) is 17.0 Å². The molecule has 0 saturated carbocycles. The van der Waals surface area contributed by atoms with E-state index in [0.29, 0.717) is 31.6 Å². The molecular weight excluding hydrogens is 426 g/mol. The molecule has 2 atom stereocenters. The number of benzene rings is 1. The summed E-state index contributed by atoms with van der Waals surface area (Å²) in [5.41, 5.74) is 1.23. The number of sulfonamides is 1. The number of nitrogens with zero attached hydrogens (tertiary/aromatic N) is 2. The number of hydrogen-bond acceptors (Lipinski definition) is 4. The molecule has 3 heterocycles. The maximum absolute atomic E-state index is 13.1. The van der Waals surface area contributed by atoms with E-state index in [0.717, 1.165) is 12.1 Å². The molecule has 2 bridgehead atoms. The van der Waals surface area contributed by atoms with Crippen LogP contribution in [0.2, 0.25) is 0 Å². The molecule has 172 valence electrons. The minimum atomic E-state index is -3.71. The molecule has 1 aromatic heterocycles. The second kappa shape index (κ2) is 8.39. The zero-order chi connectivity index (χ0) is 23.1. The molecule has 32 heavy (non-hydrogen) atoms. The summed E-state index contributed by atoms with van der Waals surface area (Å²) in [5, 5.41) is 0. The van der Waals surface area contributed by atoms with Crippen LogP contribution in [0.1, 0.15) is 50.8 Å². The van der Waals surface area contributed by atoms with Crippen LogP contribution in [-0.2, 0) is 27.1 Å². The maximum Gasteiger partial charge on any atom is 0.275 e. The molecule has 1 aromatic carbocycles. The van der Waals surface area contributed by atoms with E-state index in [-0.39, 0.29) is 40.2 Å². The molecule has 8 heteroatoms. The Labute approximate surface area is 189 Å². The van der Waals surface area contributed by atoms with Crippen molar-refractivity contribution in [1.82, 2.24) is 9.47 Å². The lowest BCUT2D eigenvalue weighted by Gasteiger charge is -2.43. The standard InChI is InChI=1S/C24H31N3O4S/c1-24(2,3)12-22(28)26-13-18-11-19(15-26)21-10-9-20(23(29)27(21)14-18)25-32(30,31)16-17-7-5-4-6-8-17/h4-10,18-19,25H,11-16H2,1-3H3. The predicted molar refractivity (Wildman–Crippen MR) is 125 cm³/mol. The van der Waals surface area contributed by atoms with Crippen LogP contribution in [0.4, 0.5) is 5.69 Å². The van der Waals surface area contributed by atoms with Gasteiger partial charge < -0.3 is 9.47 Å². The summed E-state index contributed by atoms with van der Waals surface area (Å²) in [6, 6.07) is 12.3. The molecule has 1 fully saturated rings. The fourth-order valence-electron chi connectivity index (χ4n) is 4.79. The van der Waals surface area contributed by atoms with Gasteiger partial charge in [-0.05, 0) is 35.4 Å². The van der Waals surface area contributed by atoms with E-state index in [1.165, 1.54) is 0 Å². The van der Waals surface area contributed by atoms with Crippen LogP contribution in [-0.4, -0.2) is 36.9 Å². The molecule has 7 nitrogen and oxygen atoms in total. The van der Waals surface area contributed by atoms with Gasteiger partial charge in [0.1, 0.15) is 5.69 Å². The summed E-state index contributed by atoms with van der Waals surface area (Å²) < 4.78 is 29.4. The Hall–Kier alpha value is -2.61. The molecule has 2 unspecified atom stereocenters. The Balaban J connectivity index is 1.53. The van der Waals surface area contributed by atoms with Crippen molar-refractivity contribution in [3.05, 3.63) is 64.1 Å². The average molecular weight is 458 g/mol. The lowest BCUT2D eigenvalue weighted by molar-refractivity contribution is -0.135. The first-order valence-electron chi connectivity index (χ1n) is 11.1. The van der Waals surface area contributed by atoms with Crippen molar-refractivity contribution in [2.45, 2.75) is 51.8 Å².